The van der Waals surface area contributed by atoms with Gasteiger partial charge in [0.15, 0.2) is 5.78 Å². The first-order chi connectivity index (χ1) is 5.70. The maximum atomic E-state index is 10.7. The molecular weight excluding hydrogens is 170 g/mol. The highest BCUT2D eigenvalue weighted by Crippen LogP contribution is 2.07. The molecule has 0 spiro atoms. The topological polar surface area (TPSA) is 29.1 Å². The van der Waals surface area contributed by atoms with E-state index in [1.54, 1.807) is 24.8 Å². The average molecular weight is 187 g/mol. The van der Waals surface area contributed by atoms with Gasteiger partial charge in [-0.25, -0.2) is 0 Å². The van der Waals surface area contributed by atoms with Gasteiger partial charge in [0.2, 0.25) is 0 Å². The fourth-order valence-electron chi connectivity index (χ4n) is 0.755. The van der Waals surface area contributed by atoms with Crippen LogP contribution < -0.4 is 5.32 Å². The van der Waals surface area contributed by atoms with Crippen LogP contribution in [0.4, 0.5) is 0 Å². The number of nitrogens with one attached hydrogen (secondary N) is 1. The van der Waals surface area contributed by atoms with E-state index in [1.165, 1.54) is 6.42 Å². The van der Waals surface area contributed by atoms with Crippen LogP contribution in [-0.2, 0) is 4.79 Å². The molecule has 12 heavy (non-hydrogen) atoms. The van der Waals surface area contributed by atoms with Crippen molar-refractivity contribution in [1.82, 2.24) is 5.32 Å². The molecule has 2 nitrogen and oxygen atoms in total. The minimum absolute atomic E-state index is 0.100. The Balaban J connectivity index is 3.75. The first kappa shape index (κ1) is 11.6. The average Bonchev–Trinajstić information content (AvgIpc) is 2.02. The summed E-state index contributed by atoms with van der Waals surface area (Å²) in [5.74, 6) is 0.100. The Hall–Kier alpha value is -0.440. The van der Waals surface area contributed by atoms with Crippen molar-refractivity contribution in [3.05, 3.63) is 11.1 Å². The van der Waals surface area contributed by atoms with Crippen molar-refractivity contribution in [2.24, 2.45) is 0 Å². The van der Waals surface area contributed by atoms with Gasteiger partial charge in [0.25, 0.3) is 0 Å². The lowest BCUT2D eigenvalue weighted by molar-refractivity contribution is -0.112. The summed E-state index contributed by atoms with van der Waals surface area (Å²) in [6.07, 6.45) is 5.93. The molecule has 0 heterocycles. The molecule has 0 bridgehead atoms. The van der Waals surface area contributed by atoms with Gasteiger partial charge in [-0.1, -0.05) is 13.3 Å². The molecule has 1 N–H and O–H groups in total. The molecule has 0 aromatic carbocycles. The quantitative estimate of drug-likeness (QED) is 0.510. The second-order valence-corrected chi connectivity index (χ2v) is 3.45. The third-order valence-corrected chi connectivity index (χ3v) is 2.09. The summed E-state index contributed by atoms with van der Waals surface area (Å²) >= 11 is 1.58. The number of ketones is 1. The van der Waals surface area contributed by atoms with E-state index in [9.17, 15) is 4.79 Å². The summed E-state index contributed by atoms with van der Waals surface area (Å²) in [4.78, 5) is 10.7. The number of allylic oxidation sites excluding steroid dienone is 1. The van der Waals surface area contributed by atoms with E-state index in [1.807, 2.05) is 6.26 Å². The van der Waals surface area contributed by atoms with E-state index < -0.39 is 0 Å². The standard InChI is InChI=1S/C9H17NOS/c1-4-5-6-10-9(12-3)7-8(2)11/h7,10H,4-6H2,1-3H3/b9-7-. The van der Waals surface area contributed by atoms with Crippen LogP contribution in [0.15, 0.2) is 11.1 Å². The third kappa shape index (κ3) is 6.28. The van der Waals surface area contributed by atoms with Crippen LogP contribution in [0.2, 0.25) is 0 Å². The van der Waals surface area contributed by atoms with E-state index in [-0.39, 0.29) is 5.78 Å². The molecule has 0 saturated heterocycles. The first-order valence-corrected chi connectivity index (χ1v) is 5.43. The normalized spacial score (nSPS) is 11.4. The van der Waals surface area contributed by atoms with Crippen molar-refractivity contribution < 1.29 is 4.79 Å². The van der Waals surface area contributed by atoms with Crippen molar-refractivity contribution in [3.8, 4) is 0 Å². The molecule has 0 amide bonds. The third-order valence-electron chi connectivity index (χ3n) is 1.38. The van der Waals surface area contributed by atoms with Gasteiger partial charge in [0, 0.05) is 12.6 Å². The van der Waals surface area contributed by atoms with Gasteiger partial charge in [-0.2, -0.15) is 0 Å². The maximum Gasteiger partial charge on any atom is 0.155 e. The highest BCUT2D eigenvalue weighted by Gasteiger charge is 1.94. The van der Waals surface area contributed by atoms with E-state index >= 15 is 0 Å². The summed E-state index contributed by atoms with van der Waals surface area (Å²) < 4.78 is 0. The smallest absolute Gasteiger partial charge is 0.155 e. The highest BCUT2D eigenvalue weighted by molar-refractivity contribution is 8.02. The SMILES string of the molecule is CCCCN/C(=C/C(C)=O)SC. The Morgan fingerprint density at radius 1 is 1.58 bits per heavy atom. The molecule has 0 fully saturated rings. The monoisotopic (exact) mass is 187 g/mol. The minimum Gasteiger partial charge on any atom is -0.380 e. The lowest BCUT2D eigenvalue weighted by Gasteiger charge is -2.06. The molecule has 0 aliphatic heterocycles. The number of thioether (sulfide) groups is 1. The second kappa shape index (κ2) is 7.22. The lowest BCUT2D eigenvalue weighted by atomic mass is 10.3. The number of hydrogen-bond acceptors (Lipinski definition) is 3. The zero-order chi connectivity index (χ0) is 9.40. The summed E-state index contributed by atoms with van der Waals surface area (Å²) in [7, 11) is 0. The maximum absolute atomic E-state index is 10.7. The molecule has 0 radical (unpaired) electrons. The first-order valence-electron chi connectivity index (χ1n) is 4.20. The van der Waals surface area contributed by atoms with Crippen LogP contribution in [0.3, 0.4) is 0 Å². The van der Waals surface area contributed by atoms with Crippen LogP contribution in [-0.4, -0.2) is 18.6 Å². The largest absolute Gasteiger partial charge is 0.380 e. The van der Waals surface area contributed by atoms with Crippen LogP contribution in [0, 0.1) is 0 Å². The lowest BCUT2D eigenvalue weighted by Crippen LogP contribution is -2.13. The fraction of sp³-hybridized carbons (Fsp3) is 0.667. The van der Waals surface area contributed by atoms with Crippen molar-refractivity contribution in [1.29, 1.82) is 0 Å². The zero-order valence-corrected chi connectivity index (χ0v) is 8.83. The molecule has 0 aromatic heterocycles. The van der Waals surface area contributed by atoms with Crippen LogP contribution in [0.5, 0.6) is 0 Å². The van der Waals surface area contributed by atoms with Crippen molar-refractivity contribution >= 4 is 17.5 Å². The second-order valence-electron chi connectivity index (χ2n) is 2.60. The number of unbranched alkanes of at least 4 members (excludes halogenated alkanes) is 1. The van der Waals surface area contributed by atoms with E-state index in [0.29, 0.717) is 0 Å². The Morgan fingerprint density at radius 2 is 2.25 bits per heavy atom. The predicted molar refractivity (Wildman–Crippen MR) is 55.2 cm³/mol. The molecule has 0 rings (SSSR count). The summed E-state index contributed by atoms with van der Waals surface area (Å²) in [5.41, 5.74) is 0. The van der Waals surface area contributed by atoms with Crippen molar-refractivity contribution in [3.63, 3.8) is 0 Å². The molecule has 0 unspecified atom stereocenters. The van der Waals surface area contributed by atoms with Gasteiger partial charge >= 0.3 is 0 Å². The minimum atomic E-state index is 0.100. The van der Waals surface area contributed by atoms with Gasteiger partial charge in [-0.3, -0.25) is 4.79 Å². The summed E-state index contributed by atoms with van der Waals surface area (Å²) in [6.45, 7) is 4.67. The molecule has 3 heteroatoms. The van der Waals surface area contributed by atoms with Gasteiger partial charge in [-0.05, 0) is 19.6 Å². The van der Waals surface area contributed by atoms with Crippen LogP contribution >= 0.6 is 11.8 Å². The van der Waals surface area contributed by atoms with Crippen molar-refractivity contribution in [2.45, 2.75) is 26.7 Å². The van der Waals surface area contributed by atoms with Gasteiger partial charge in [0.05, 0.1) is 5.03 Å². The number of carbonyl (C=O) groups is 1. The number of hydrogen-bond donors (Lipinski definition) is 1. The summed E-state index contributed by atoms with van der Waals surface area (Å²) in [5, 5.41) is 4.17. The molecule has 70 valence electrons. The zero-order valence-electron chi connectivity index (χ0n) is 8.02. The molecule has 0 aliphatic carbocycles. The number of carbonyl (C=O) groups excluding carboxylic acids is 1. The highest BCUT2D eigenvalue weighted by atomic mass is 32.2. The summed E-state index contributed by atoms with van der Waals surface area (Å²) in [6, 6.07) is 0. The Bertz CT molecular complexity index is 166. The molecular formula is C9H17NOS. The van der Waals surface area contributed by atoms with Gasteiger partial charge in [-0.15, -0.1) is 11.8 Å². The Morgan fingerprint density at radius 3 is 2.67 bits per heavy atom. The van der Waals surface area contributed by atoms with E-state index in [0.717, 1.165) is 18.0 Å². The Labute approximate surface area is 78.8 Å². The van der Waals surface area contributed by atoms with E-state index in [2.05, 4.69) is 12.2 Å². The Kier molecular flexibility index (Phi) is 6.96. The fourth-order valence-corrected chi connectivity index (χ4v) is 1.29. The van der Waals surface area contributed by atoms with E-state index in [4.69, 9.17) is 0 Å². The van der Waals surface area contributed by atoms with Crippen molar-refractivity contribution in [2.75, 3.05) is 12.8 Å². The van der Waals surface area contributed by atoms with Gasteiger partial charge in [0.1, 0.15) is 0 Å². The van der Waals surface area contributed by atoms with Gasteiger partial charge < -0.3 is 5.32 Å². The number of rotatable bonds is 6. The van der Waals surface area contributed by atoms with Crippen LogP contribution in [0.1, 0.15) is 26.7 Å². The molecule has 0 atom stereocenters. The molecule has 0 saturated carbocycles. The van der Waals surface area contributed by atoms with Crippen LogP contribution in [0.25, 0.3) is 0 Å². The molecule has 0 aromatic rings. The molecule has 0 aliphatic rings. The predicted octanol–water partition coefficient (Wildman–Crippen LogP) is 2.17.